The molecule has 0 aliphatic carbocycles. The molecule has 2 heterocycles. The fraction of sp³-hybridized carbons (Fsp3) is 0.400. The van der Waals surface area contributed by atoms with E-state index in [4.69, 9.17) is 11.6 Å². The predicted octanol–water partition coefficient (Wildman–Crippen LogP) is 2.29. The van der Waals surface area contributed by atoms with Crippen LogP contribution in [-0.4, -0.2) is 26.5 Å². The minimum atomic E-state index is 0.331. The number of nitrogens with one attached hydrogen (secondary N) is 1. The lowest BCUT2D eigenvalue weighted by atomic mass is 10.3. The molecular formula is C10H12ClN5. The molecule has 0 unspecified atom stereocenters. The van der Waals surface area contributed by atoms with Crippen LogP contribution >= 0.6 is 11.6 Å². The van der Waals surface area contributed by atoms with Gasteiger partial charge >= 0.3 is 0 Å². The summed E-state index contributed by atoms with van der Waals surface area (Å²) in [4.78, 5) is 16.5. The number of unbranched alkanes of at least 4 members (excludes halogenated alkanes) is 1. The molecule has 6 heteroatoms. The Balaban J connectivity index is 2.27. The standard InChI is InChI=1S/C10H12ClN5/c1-2-3-4-14-10-15-8(11)7-9(16-10)13-6-5-12-7/h5-6H,2-4H2,1H3,(H,13,14,15,16). The molecule has 2 rings (SSSR count). The first kappa shape index (κ1) is 11.0. The normalized spacial score (nSPS) is 10.6. The van der Waals surface area contributed by atoms with E-state index in [9.17, 15) is 0 Å². The van der Waals surface area contributed by atoms with Crippen molar-refractivity contribution in [2.45, 2.75) is 19.8 Å². The number of fused-ring (bicyclic) bond motifs is 1. The summed E-state index contributed by atoms with van der Waals surface area (Å²) in [6.07, 6.45) is 5.34. The summed E-state index contributed by atoms with van der Waals surface area (Å²) in [7, 11) is 0. The van der Waals surface area contributed by atoms with Crippen molar-refractivity contribution < 1.29 is 0 Å². The van der Waals surface area contributed by atoms with Crippen LogP contribution in [-0.2, 0) is 0 Å². The number of halogens is 1. The predicted molar refractivity (Wildman–Crippen MR) is 63.5 cm³/mol. The van der Waals surface area contributed by atoms with E-state index in [1.54, 1.807) is 12.4 Å². The Morgan fingerprint density at radius 2 is 2.06 bits per heavy atom. The molecule has 2 aromatic heterocycles. The third kappa shape index (κ3) is 2.36. The van der Waals surface area contributed by atoms with Crippen molar-refractivity contribution in [3.8, 4) is 0 Å². The molecule has 0 atom stereocenters. The summed E-state index contributed by atoms with van der Waals surface area (Å²) in [5.41, 5.74) is 1.05. The molecule has 0 aromatic carbocycles. The molecule has 5 nitrogen and oxygen atoms in total. The minimum absolute atomic E-state index is 0.331. The average molecular weight is 238 g/mol. The van der Waals surface area contributed by atoms with Gasteiger partial charge in [0.1, 0.15) is 5.52 Å². The van der Waals surface area contributed by atoms with Crippen LogP contribution in [0.3, 0.4) is 0 Å². The molecule has 0 amide bonds. The van der Waals surface area contributed by atoms with Gasteiger partial charge in [-0.1, -0.05) is 24.9 Å². The van der Waals surface area contributed by atoms with Gasteiger partial charge in [0.05, 0.1) is 0 Å². The zero-order chi connectivity index (χ0) is 11.4. The van der Waals surface area contributed by atoms with Gasteiger partial charge in [0.25, 0.3) is 0 Å². The maximum atomic E-state index is 5.98. The fourth-order valence-electron chi connectivity index (χ4n) is 1.29. The van der Waals surface area contributed by atoms with E-state index in [0.717, 1.165) is 19.4 Å². The lowest BCUT2D eigenvalue weighted by Gasteiger charge is -2.04. The molecule has 0 aliphatic rings. The molecular weight excluding hydrogens is 226 g/mol. The van der Waals surface area contributed by atoms with Crippen molar-refractivity contribution in [1.82, 2.24) is 19.9 Å². The second-order valence-electron chi connectivity index (χ2n) is 3.35. The van der Waals surface area contributed by atoms with Crippen molar-refractivity contribution in [3.63, 3.8) is 0 Å². The SMILES string of the molecule is CCCCNc1nc(Cl)c2nccnc2n1. The van der Waals surface area contributed by atoms with E-state index in [1.807, 2.05) is 0 Å². The quantitative estimate of drug-likeness (QED) is 0.653. The zero-order valence-electron chi connectivity index (χ0n) is 8.94. The van der Waals surface area contributed by atoms with Gasteiger partial charge in [-0.15, -0.1) is 0 Å². The summed E-state index contributed by atoms with van der Waals surface area (Å²) in [6, 6.07) is 0. The smallest absolute Gasteiger partial charge is 0.226 e. The molecule has 2 aromatic rings. The van der Waals surface area contributed by atoms with Gasteiger partial charge in [0.15, 0.2) is 10.8 Å². The van der Waals surface area contributed by atoms with Crippen LogP contribution in [0.5, 0.6) is 0 Å². The largest absolute Gasteiger partial charge is 0.354 e. The van der Waals surface area contributed by atoms with Crippen LogP contribution in [0, 0.1) is 0 Å². The Hall–Kier alpha value is -1.49. The van der Waals surface area contributed by atoms with Gasteiger partial charge in [-0.3, -0.25) is 0 Å². The zero-order valence-corrected chi connectivity index (χ0v) is 9.70. The van der Waals surface area contributed by atoms with Crippen LogP contribution in [0.2, 0.25) is 5.15 Å². The Labute approximate surface area is 98.3 Å². The molecule has 84 valence electrons. The lowest BCUT2D eigenvalue weighted by molar-refractivity contribution is 0.827. The first-order valence-electron chi connectivity index (χ1n) is 5.19. The van der Waals surface area contributed by atoms with E-state index < -0.39 is 0 Å². The number of anilines is 1. The van der Waals surface area contributed by atoms with Crippen molar-refractivity contribution in [2.75, 3.05) is 11.9 Å². The van der Waals surface area contributed by atoms with Gasteiger partial charge in [-0.2, -0.15) is 9.97 Å². The second-order valence-corrected chi connectivity index (χ2v) is 3.70. The van der Waals surface area contributed by atoms with Crippen LogP contribution in [0.25, 0.3) is 11.2 Å². The third-order valence-electron chi connectivity index (χ3n) is 2.10. The first-order chi connectivity index (χ1) is 7.81. The highest BCUT2D eigenvalue weighted by Gasteiger charge is 2.06. The van der Waals surface area contributed by atoms with E-state index in [2.05, 4.69) is 32.2 Å². The fourth-order valence-corrected chi connectivity index (χ4v) is 1.50. The van der Waals surface area contributed by atoms with Crippen LogP contribution in [0.15, 0.2) is 12.4 Å². The highest BCUT2D eigenvalue weighted by Crippen LogP contribution is 2.17. The first-order valence-corrected chi connectivity index (χ1v) is 5.57. The molecule has 0 spiro atoms. The van der Waals surface area contributed by atoms with E-state index in [1.165, 1.54) is 0 Å². The summed E-state index contributed by atoms with van der Waals surface area (Å²) in [6.45, 7) is 2.96. The molecule has 0 fully saturated rings. The molecule has 1 N–H and O–H groups in total. The maximum absolute atomic E-state index is 5.98. The van der Waals surface area contributed by atoms with E-state index in [-0.39, 0.29) is 0 Å². The van der Waals surface area contributed by atoms with Gasteiger partial charge in [-0.05, 0) is 6.42 Å². The van der Waals surface area contributed by atoms with Crippen molar-refractivity contribution in [2.24, 2.45) is 0 Å². The second kappa shape index (κ2) is 5.03. The van der Waals surface area contributed by atoms with Gasteiger partial charge in [0.2, 0.25) is 5.95 Å². The topological polar surface area (TPSA) is 63.6 Å². The Morgan fingerprint density at radius 3 is 2.88 bits per heavy atom. The Bertz CT molecular complexity index is 488. The van der Waals surface area contributed by atoms with Gasteiger partial charge < -0.3 is 5.32 Å². The van der Waals surface area contributed by atoms with Crippen LogP contribution in [0.1, 0.15) is 19.8 Å². The molecule has 16 heavy (non-hydrogen) atoms. The molecule has 0 bridgehead atoms. The van der Waals surface area contributed by atoms with E-state index in [0.29, 0.717) is 22.3 Å². The van der Waals surface area contributed by atoms with Crippen molar-refractivity contribution >= 4 is 28.7 Å². The Morgan fingerprint density at radius 1 is 1.25 bits per heavy atom. The Kier molecular flexibility index (Phi) is 3.46. The highest BCUT2D eigenvalue weighted by atomic mass is 35.5. The number of aromatic nitrogens is 4. The van der Waals surface area contributed by atoms with Gasteiger partial charge in [0, 0.05) is 18.9 Å². The van der Waals surface area contributed by atoms with Crippen LogP contribution < -0.4 is 5.32 Å². The summed E-state index contributed by atoms with van der Waals surface area (Å²) >= 11 is 5.98. The van der Waals surface area contributed by atoms with Gasteiger partial charge in [-0.25, -0.2) is 9.97 Å². The maximum Gasteiger partial charge on any atom is 0.226 e. The minimum Gasteiger partial charge on any atom is -0.354 e. The summed E-state index contributed by atoms with van der Waals surface area (Å²) in [5, 5.41) is 3.43. The molecule has 0 radical (unpaired) electrons. The summed E-state index contributed by atoms with van der Waals surface area (Å²) in [5.74, 6) is 0.506. The number of rotatable bonds is 4. The number of hydrogen-bond donors (Lipinski definition) is 1. The average Bonchev–Trinajstić information content (AvgIpc) is 2.30. The number of nitrogens with zero attached hydrogens (tertiary/aromatic N) is 4. The molecule has 0 saturated carbocycles. The summed E-state index contributed by atoms with van der Waals surface area (Å²) < 4.78 is 0. The van der Waals surface area contributed by atoms with Crippen molar-refractivity contribution in [3.05, 3.63) is 17.5 Å². The molecule has 0 aliphatic heterocycles. The van der Waals surface area contributed by atoms with Crippen molar-refractivity contribution in [1.29, 1.82) is 0 Å². The number of hydrogen-bond acceptors (Lipinski definition) is 5. The molecule has 0 saturated heterocycles. The van der Waals surface area contributed by atoms with Crippen LogP contribution in [0.4, 0.5) is 5.95 Å². The van der Waals surface area contributed by atoms with E-state index >= 15 is 0 Å². The highest BCUT2D eigenvalue weighted by molar-refractivity contribution is 6.33. The lowest BCUT2D eigenvalue weighted by Crippen LogP contribution is -2.06. The third-order valence-corrected chi connectivity index (χ3v) is 2.37. The monoisotopic (exact) mass is 237 g/mol.